The van der Waals surface area contributed by atoms with Crippen molar-refractivity contribution in [3.63, 3.8) is 0 Å². The molecule has 0 saturated carbocycles. The van der Waals surface area contributed by atoms with E-state index < -0.39 is 98.3 Å². The van der Waals surface area contributed by atoms with E-state index >= 15 is 0 Å². The minimum atomic E-state index is -2.31. The highest BCUT2D eigenvalue weighted by molar-refractivity contribution is 6.32. The first-order valence-electron chi connectivity index (χ1n) is 32.7. The molecule has 8 nitrogen and oxygen atoms in total. The van der Waals surface area contributed by atoms with Crippen LogP contribution in [0.15, 0.2) is 76.8 Å². The average Bonchev–Trinajstić information content (AvgIpc) is 1.49. The first-order chi connectivity index (χ1) is 41.1. The Kier molecular flexibility index (Phi) is 9.26. The van der Waals surface area contributed by atoms with Crippen LogP contribution in [0.5, 0.6) is 0 Å². The van der Waals surface area contributed by atoms with Crippen LogP contribution < -0.4 is 22.9 Å². The maximum absolute atomic E-state index is 11.8. The third-order valence-electron chi connectivity index (χ3n) is 14.2. The maximum atomic E-state index is 11.8. The summed E-state index contributed by atoms with van der Waals surface area (Å²) in [5.74, 6) is -5.91. The molecule has 0 bridgehead atoms. The molecule has 4 atom stereocenters. The molecule has 71 heavy (non-hydrogen) atoms. The molecule has 11 heteroatoms. The molecule has 12 rings (SSSR count). The van der Waals surface area contributed by atoms with Crippen LogP contribution in [-0.4, -0.2) is 23.6 Å². The molecule has 0 spiro atoms. The van der Waals surface area contributed by atoms with Crippen LogP contribution in [0.2, 0.25) is 15.1 Å². The minimum absolute atomic E-state index is 0.0259. The lowest BCUT2D eigenvalue weighted by atomic mass is 9.82. The van der Waals surface area contributed by atoms with Gasteiger partial charge in [0.1, 0.15) is 0 Å². The zero-order valence-corrected chi connectivity index (χ0v) is 41.8. The summed E-state index contributed by atoms with van der Waals surface area (Å²) in [6.07, 6.45) is -17.6. The van der Waals surface area contributed by atoms with E-state index in [-0.39, 0.29) is 77.5 Å². The van der Waals surface area contributed by atoms with Gasteiger partial charge in [0.05, 0.1) is 27.8 Å². The van der Waals surface area contributed by atoms with Gasteiger partial charge in [0.15, 0.2) is 0 Å². The van der Waals surface area contributed by atoms with E-state index in [0.717, 1.165) is 27.8 Å². The van der Waals surface area contributed by atoms with Crippen molar-refractivity contribution in [3.8, 4) is 0 Å². The van der Waals surface area contributed by atoms with Crippen LogP contribution in [0, 0.1) is 51.4 Å². The number of allylic oxidation sites excluding steroid dienone is 4. The van der Waals surface area contributed by atoms with Crippen molar-refractivity contribution >= 4 is 80.7 Å². The smallest absolute Gasteiger partial charge is 0.224 e. The summed E-state index contributed by atoms with van der Waals surface area (Å²) in [6, 6.07) is 10.8. The standard InChI is InChI=1S/3C15H16ClNO.C15H17NO/c2*1-8-5-9-6-13-10(12(9)7-14(8)16)3-2-4-11(13)15(17)18;1-8-5-9(16)6-13-10-3-2-4-11(15(17)18)14(10)7-12(8)13;1-9-5-6-10-8-14-11(13(10)7-9)3-2-4-12(14)15(16)17/h2*5,7,11H,2-4,6H2,1H3,(H2,17,18);5-6,11H,2-4,7H2,1H3,(H2,17,18);5-7,12H,2-4,8H2,1H3,(H2,16,17)/i2D2,3D2,5D;2D2,3D2;2D2,3D2,6D;2D2,3D2,7D. The van der Waals surface area contributed by atoms with E-state index in [1.54, 1.807) is 38.1 Å². The highest BCUT2D eigenvalue weighted by atomic mass is 35.5. The fourth-order valence-electron chi connectivity index (χ4n) is 10.4. The predicted molar refractivity (Wildman–Crippen MR) is 288 cm³/mol. The zero-order valence-electron chi connectivity index (χ0n) is 58.5. The van der Waals surface area contributed by atoms with Gasteiger partial charge in [-0.1, -0.05) is 70.7 Å². The zero-order chi connectivity index (χ0) is 67.5. The fourth-order valence-corrected chi connectivity index (χ4v) is 11.0. The summed E-state index contributed by atoms with van der Waals surface area (Å²) >= 11 is 18.4. The van der Waals surface area contributed by atoms with Crippen LogP contribution >= 0.6 is 34.8 Å². The summed E-state index contributed by atoms with van der Waals surface area (Å²) in [7, 11) is 0. The second-order valence-corrected chi connectivity index (χ2v) is 20.0. The normalized spacial score (nSPS) is 31.5. The largest absolute Gasteiger partial charge is 0.369 e. The Hall–Kier alpha value is -5.41. The van der Waals surface area contributed by atoms with Gasteiger partial charge >= 0.3 is 0 Å². The maximum Gasteiger partial charge on any atom is 0.224 e. The van der Waals surface area contributed by atoms with E-state index in [9.17, 15) is 19.2 Å². The molecule has 4 aromatic carbocycles. The SMILES string of the molecule is [2H]C1([2H])CC(C(N)=O)C2=C(c3cc(Cl)c(C)cc3C2)C1([2H])[2H].[2H]c1c(C)c(Cl)cc2c1CC1=C2C([2H])([2H])C([2H])([2H])CC1C(N)=O.[2H]c1c(C)ccc2c1C1=C(C2)C(C(N)=O)CC([2H])([2H])C1([2H])[2H].[2H]c1c(Cl)cc(C)c2c1C1=C(C2)C(C(N)=O)CC([2H])([2H])C1([2H])[2H]. The van der Waals surface area contributed by atoms with Crippen molar-refractivity contribution < 1.29 is 45.2 Å². The van der Waals surface area contributed by atoms with Crippen LogP contribution in [0.3, 0.4) is 0 Å². The van der Waals surface area contributed by atoms with Crippen molar-refractivity contribution in [2.45, 2.75) is 130 Å². The number of hydrogen-bond donors (Lipinski definition) is 4. The van der Waals surface area contributed by atoms with Crippen molar-refractivity contribution in [3.05, 3.63) is 159 Å². The van der Waals surface area contributed by atoms with E-state index in [1.165, 1.54) is 0 Å². The minimum Gasteiger partial charge on any atom is -0.369 e. The first-order valence-corrected chi connectivity index (χ1v) is 24.3. The molecule has 4 aromatic rings. The number of amides is 4. The van der Waals surface area contributed by atoms with E-state index in [1.807, 2.05) is 26.0 Å². The number of hydrogen-bond acceptors (Lipinski definition) is 4. The molecular formula is C60H65Cl3N4O4. The number of rotatable bonds is 4. The Bertz CT molecular complexity index is 4010. The average molecular weight is 1030 g/mol. The summed E-state index contributed by atoms with van der Waals surface area (Å²) in [5.41, 5.74) is 32.2. The predicted octanol–water partition coefficient (Wildman–Crippen LogP) is 12.3. The third kappa shape index (κ3) is 9.93. The second kappa shape index (κ2) is 20.6. The second-order valence-electron chi connectivity index (χ2n) is 18.7. The molecule has 0 aromatic heterocycles. The molecule has 0 heterocycles. The van der Waals surface area contributed by atoms with Gasteiger partial charge in [0, 0.05) is 37.0 Å². The summed E-state index contributed by atoms with van der Waals surface area (Å²) in [6.45, 7) is 7.15. The Balaban J connectivity index is 0.000000142. The van der Waals surface area contributed by atoms with Crippen molar-refractivity contribution in [1.29, 1.82) is 0 Å². The molecule has 0 saturated heterocycles. The highest BCUT2D eigenvalue weighted by Crippen LogP contribution is 2.49. The Morgan fingerprint density at radius 2 is 0.901 bits per heavy atom. The van der Waals surface area contributed by atoms with Crippen molar-refractivity contribution in [2.24, 2.45) is 46.6 Å². The molecule has 8 N–H and O–H groups in total. The van der Waals surface area contributed by atoms with E-state index in [0.29, 0.717) is 90.5 Å². The summed E-state index contributed by atoms with van der Waals surface area (Å²) in [4.78, 5) is 47.1. The van der Waals surface area contributed by atoms with Crippen molar-refractivity contribution in [1.82, 2.24) is 0 Å². The number of nitrogens with two attached hydrogens (primary N) is 4. The van der Waals surface area contributed by atoms with Crippen LogP contribution in [-0.2, 0) is 44.9 Å². The molecule has 4 amide bonds. The number of aryl methyl sites for hydroxylation is 3. The van der Waals surface area contributed by atoms with Crippen LogP contribution in [0.1, 0.15) is 169 Å². The van der Waals surface area contributed by atoms with Gasteiger partial charge in [-0.25, -0.2) is 0 Å². The number of primary amides is 4. The number of fused-ring (bicyclic) bond motifs is 8. The first kappa shape index (κ1) is 31.9. The third-order valence-corrected chi connectivity index (χ3v) is 15.2. The lowest BCUT2D eigenvalue weighted by molar-refractivity contribution is -0.121. The lowest BCUT2D eigenvalue weighted by Crippen LogP contribution is -2.27. The molecule has 0 fully saturated rings. The molecule has 0 radical (unpaired) electrons. The molecular weight excluding hydrogens is 947 g/mol. The summed E-state index contributed by atoms with van der Waals surface area (Å²) in [5, 5.41) is 1.03. The molecule has 0 aliphatic heterocycles. The summed E-state index contributed by atoms with van der Waals surface area (Å²) < 4.78 is 156. The van der Waals surface area contributed by atoms with Gasteiger partial charge in [0.2, 0.25) is 23.6 Å². The molecule has 8 aliphatic rings. The quantitative estimate of drug-likeness (QED) is 0.159. The van der Waals surface area contributed by atoms with Gasteiger partial charge < -0.3 is 22.9 Å². The van der Waals surface area contributed by atoms with Crippen molar-refractivity contribution in [2.75, 3.05) is 0 Å². The molecule has 4 unspecified atom stereocenters. The Labute approximate surface area is 460 Å². The van der Waals surface area contributed by atoms with Crippen LogP contribution in [0.25, 0.3) is 22.3 Å². The molecule has 8 aliphatic carbocycles. The highest BCUT2D eigenvalue weighted by Gasteiger charge is 2.37. The fraction of sp³-hybridized carbons (Fsp3) is 0.400. The van der Waals surface area contributed by atoms with E-state index in [2.05, 4.69) is 0 Å². The van der Waals surface area contributed by atoms with Gasteiger partial charge in [-0.3, -0.25) is 19.2 Å². The lowest BCUT2D eigenvalue weighted by Gasteiger charge is -2.22. The Morgan fingerprint density at radius 1 is 0.479 bits per heavy atom. The van der Waals surface area contributed by atoms with Crippen LogP contribution in [0.4, 0.5) is 0 Å². The van der Waals surface area contributed by atoms with Gasteiger partial charge in [-0.05, 0) is 260 Å². The molecule has 370 valence electrons. The van der Waals surface area contributed by atoms with E-state index in [4.69, 9.17) is 83.8 Å². The number of carbonyl (C=O) groups is 4. The number of carbonyl (C=O) groups excluding carboxylic acids is 4. The van der Waals surface area contributed by atoms with Gasteiger partial charge in [-0.2, -0.15) is 0 Å². The van der Waals surface area contributed by atoms with Gasteiger partial charge in [-0.15, -0.1) is 0 Å². The Morgan fingerprint density at radius 3 is 1.41 bits per heavy atom. The topological polar surface area (TPSA) is 172 Å². The monoisotopic (exact) mass is 1030 g/mol. The van der Waals surface area contributed by atoms with Gasteiger partial charge in [0.25, 0.3) is 0 Å². The number of benzene rings is 4. The number of halogens is 3.